The number of pyridine rings is 1. The fraction of sp³-hybridized carbons (Fsp3) is 0.318. The monoisotopic (exact) mass is 374 g/mol. The van der Waals surface area contributed by atoms with Gasteiger partial charge in [0.25, 0.3) is 0 Å². The summed E-state index contributed by atoms with van der Waals surface area (Å²) in [7, 11) is 0. The van der Waals surface area contributed by atoms with E-state index in [1.165, 1.54) is 11.3 Å². The van der Waals surface area contributed by atoms with Crippen molar-refractivity contribution in [3.63, 3.8) is 0 Å². The van der Waals surface area contributed by atoms with Crippen molar-refractivity contribution < 1.29 is 0 Å². The number of aromatic nitrogens is 3. The van der Waals surface area contributed by atoms with E-state index < -0.39 is 0 Å². The molecule has 1 aromatic carbocycles. The average Bonchev–Trinajstić information content (AvgIpc) is 2.73. The minimum Gasteiger partial charge on any atom is -0.368 e. The Labute approximate surface area is 166 Å². The Morgan fingerprint density at radius 1 is 0.893 bits per heavy atom. The molecule has 0 radical (unpaired) electrons. The molecule has 1 saturated heterocycles. The molecule has 0 saturated carbocycles. The summed E-state index contributed by atoms with van der Waals surface area (Å²) in [4.78, 5) is 18.5. The van der Waals surface area contributed by atoms with Crippen molar-refractivity contribution in [1.82, 2.24) is 15.0 Å². The highest BCUT2D eigenvalue weighted by atomic mass is 15.3. The van der Waals surface area contributed by atoms with Gasteiger partial charge in [-0.25, -0.2) is 4.98 Å². The lowest BCUT2D eigenvalue weighted by Gasteiger charge is -2.36. The summed E-state index contributed by atoms with van der Waals surface area (Å²) in [6.07, 6.45) is 1.81. The molecule has 2 aromatic heterocycles. The molecule has 0 amide bonds. The molecule has 1 aliphatic heterocycles. The van der Waals surface area contributed by atoms with Crippen molar-refractivity contribution in [1.29, 1.82) is 0 Å². The molecule has 1 aliphatic rings. The van der Waals surface area contributed by atoms with Crippen LogP contribution in [0.5, 0.6) is 0 Å². The van der Waals surface area contributed by atoms with Gasteiger partial charge in [0.15, 0.2) is 0 Å². The normalized spacial score (nSPS) is 14.2. The SMILES string of the molecule is Cc1cccc(N2CCN(c3nc(C)cc(NCc4ccccn4)n3)CC2)c1. The van der Waals surface area contributed by atoms with E-state index in [-0.39, 0.29) is 0 Å². The van der Waals surface area contributed by atoms with E-state index in [0.29, 0.717) is 6.54 Å². The summed E-state index contributed by atoms with van der Waals surface area (Å²) in [6.45, 7) is 8.57. The van der Waals surface area contributed by atoms with E-state index >= 15 is 0 Å². The van der Waals surface area contributed by atoms with Crippen molar-refractivity contribution in [2.24, 2.45) is 0 Å². The second-order valence-corrected chi connectivity index (χ2v) is 7.18. The Morgan fingerprint density at radius 2 is 1.71 bits per heavy atom. The number of hydrogen-bond acceptors (Lipinski definition) is 6. The lowest BCUT2D eigenvalue weighted by Crippen LogP contribution is -2.47. The van der Waals surface area contributed by atoms with E-state index in [2.05, 4.69) is 56.3 Å². The maximum absolute atomic E-state index is 4.74. The van der Waals surface area contributed by atoms with Crippen LogP contribution in [-0.2, 0) is 6.54 Å². The molecule has 0 atom stereocenters. The van der Waals surface area contributed by atoms with E-state index in [4.69, 9.17) is 4.98 Å². The summed E-state index contributed by atoms with van der Waals surface area (Å²) in [5.41, 5.74) is 4.55. The second kappa shape index (κ2) is 8.25. The molecule has 0 unspecified atom stereocenters. The maximum atomic E-state index is 4.74. The minimum atomic E-state index is 0.651. The average molecular weight is 374 g/mol. The maximum Gasteiger partial charge on any atom is 0.227 e. The summed E-state index contributed by atoms with van der Waals surface area (Å²) in [5, 5.41) is 3.37. The fourth-order valence-corrected chi connectivity index (χ4v) is 3.46. The molecule has 1 N–H and O–H groups in total. The van der Waals surface area contributed by atoms with Gasteiger partial charge in [0.2, 0.25) is 5.95 Å². The van der Waals surface area contributed by atoms with Crippen molar-refractivity contribution in [2.75, 3.05) is 41.3 Å². The molecule has 4 rings (SSSR count). The molecule has 28 heavy (non-hydrogen) atoms. The molecular formula is C22H26N6. The minimum absolute atomic E-state index is 0.651. The third-order valence-corrected chi connectivity index (χ3v) is 4.95. The second-order valence-electron chi connectivity index (χ2n) is 7.18. The zero-order valence-corrected chi connectivity index (χ0v) is 16.5. The Bertz CT molecular complexity index is 919. The van der Waals surface area contributed by atoms with E-state index in [1.54, 1.807) is 6.20 Å². The van der Waals surface area contributed by atoms with Crippen LogP contribution in [0.15, 0.2) is 54.7 Å². The Balaban J connectivity index is 1.41. The molecule has 1 fully saturated rings. The number of nitrogens with zero attached hydrogens (tertiary/aromatic N) is 5. The van der Waals surface area contributed by atoms with Crippen LogP contribution in [0.1, 0.15) is 17.0 Å². The predicted molar refractivity (Wildman–Crippen MR) is 114 cm³/mol. The number of hydrogen-bond donors (Lipinski definition) is 1. The smallest absolute Gasteiger partial charge is 0.227 e. The lowest BCUT2D eigenvalue weighted by molar-refractivity contribution is 0.639. The fourth-order valence-electron chi connectivity index (χ4n) is 3.46. The Hall–Kier alpha value is -3.15. The highest BCUT2D eigenvalue weighted by Crippen LogP contribution is 2.21. The van der Waals surface area contributed by atoms with Crippen molar-refractivity contribution >= 4 is 17.5 Å². The van der Waals surface area contributed by atoms with Crippen LogP contribution >= 0.6 is 0 Å². The Morgan fingerprint density at radius 3 is 2.46 bits per heavy atom. The molecule has 0 aliphatic carbocycles. The first-order valence-corrected chi connectivity index (χ1v) is 9.73. The molecular weight excluding hydrogens is 348 g/mol. The van der Waals surface area contributed by atoms with Crippen LogP contribution < -0.4 is 15.1 Å². The number of anilines is 3. The first-order valence-electron chi connectivity index (χ1n) is 9.73. The molecule has 144 valence electrons. The van der Waals surface area contributed by atoms with Crippen LogP contribution in [0.2, 0.25) is 0 Å². The van der Waals surface area contributed by atoms with Crippen LogP contribution in [0, 0.1) is 13.8 Å². The first-order chi connectivity index (χ1) is 13.7. The van der Waals surface area contributed by atoms with E-state index in [0.717, 1.165) is 49.3 Å². The predicted octanol–water partition coefficient (Wildman–Crippen LogP) is 3.43. The molecule has 3 aromatic rings. The largest absolute Gasteiger partial charge is 0.368 e. The Kier molecular flexibility index (Phi) is 5.37. The quantitative estimate of drug-likeness (QED) is 0.738. The van der Waals surface area contributed by atoms with Gasteiger partial charge in [-0.2, -0.15) is 4.98 Å². The lowest BCUT2D eigenvalue weighted by atomic mass is 10.2. The van der Waals surface area contributed by atoms with Gasteiger partial charge in [-0.1, -0.05) is 18.2 Å². The zero-order chi connectivity index (χ0) is 19.3. The van der Waals surface area contributed by atoms with Crippen molar-refractivity contribution in [3.8, 4) is 0 Å². The van der Waals surface area contributed by atoms with Crippen LogP contribution in [0.3, 0.4) is 0 Å². The van der Waals surface area contributed by atoms with Crippen molar-refractivity contribution in [2.45, 2.75) is 20.4 Å². The van der Waals surface area contributed by atoms with E-state index in [1.807, 2.05) is 31.2 Å². The van der Waals surface area contributed by atoms with Crippen molar-refractivity contribution in [3.05, 3.63) is 71.7 Å². The number of rotatable bonds is 5. The van der Waals surface area contributed by atoms with E-state index in [9.17, 15) is 0 Å². The molecule has 6 nitrogen and oxygen atoms in total. The molecule has 3 heterocycles. The topological polar surface area (TPSA) is 57.2 Å². The zero-order valence-electron chi connectivity index (χ0n) is 16.5. The van der Waals surface area contributed by atoms with Gasteiger partial charge in [-0.05, 0) is 43.7 Å². The number of nitrogens with one attached hydrogen (secondary N) is 1. The highest BCUT2D eigenvalue weighted by Gasteiger charge is 2.20. The third-order valence-electron chi connectivity index (χ3n) is 4.95. The summed E-state index contributed by atoms with van der Waals surface area (Å²) in [6, 6.07) is 16.6. The van der Waals surface area contributed by atoms with Gasteiger partial charge in [0.1, 0.15) is 5.82 Å². The number of aryl methyl sites for hydroxylation is 2. The van der Waals surface area contributed by atoms with Crippen LogP contribution in [0.4, 0.5) is 17.5 Å². The number of piperazine rings is 1. The van der Waals surface area contributed by atoms with Crippen LogP contribution in [0.25, 0.3) is 0 Å². The van der Waals surface area contributed by atoms with Gasteiger partial charge in [-0.3, -0.25) is 4.98 Å². The van der Waals surface area contributed by atoms with Gasteiger partial charge >= 0.3 is 0 Å². The number of benzene rings is 1. The summed E-state index contributed by atoms with van der Waals surface area (Å²) >= 11 is 0. The van der Waals surface area contributed by atoms with Gasteiger partial charge in [-0.15, -0.1) is 0 Å². The molecule has 0 spiro atoms. The third kappa shape index (κ3) is 4.39. The van der Waals surface area contributed by atoms with Gasteiger partial charge in [0, 0.05) is 49.8 Å². The van der Waals surface area contributed by atoms with Gasteiger partial charge < -0.3 is 15.1 Å². The molecule has 6 heteroatoms. The molecule has 0 bridgehead atoms. The first kappa shape index (κ1) is 18.2. The van der Waals surface area contributed by atoms with Gasteiger partial charge in [0.05, 0.1) is 12.2 Å². The van der Waals surface area contributed by atoms with Crippen LogP contribution in [-0.4, -0.2) is 41.1 Å². The highest BCUT2D eigenvalue weighted by molar-refractivity contribution is 5.51. The summed E-state index contributed by atoms with van der Waals surface area (Å²) in [5.74, 6) is 1.64. The standard InChI is InChI=1S/C22H26N6/c1-17-6-5-8-20(14-17)27-10-12-28(13-11-27)22-25-18(2)15-21(26-22)24-16-19-7-3-4-9-23-19/h3-9,14-15H,10-13,16H2,1-2H3,(H,24,25,26). The summed E-state index contributed by atoms with van der Waals surface area (Å²) < 4.78 is 0.